The van der Waals surface area contributed by atoms with E-state index in [-0.39, 0.29) is 10.9 Å². The molecule has 2 N–H and O–H groups in total. The molecule has 0 spiro atoms. The van der Waals surface area contributed by atoms with Crippen LogP contribution in [0.25, 0.3) is 17.0 Å². The second-order valence-corrected chi connectivity index (χ2v) is 7.51. The summed E-state index contributed by atoms with van der Waals surface area (Å²) in [5.74, 6) is -0.0386. The molecule has 0 radical (unpaired) electrons. The Morgan fingerprint density at radius 3 is 2.65 bits per heavy atom. The van der Waals surface area contributed by atoms with Crippen molar-refractivity contribution in [3.8, 4) is 11.8 Å². The molecule has 0 aliphatic rings. The van der Waals surface area contributed by atoms with Gasteiger partial charge in [-0.1, -0.05) is 23.7 Å². The molecule has 1 heterocycles. The van der Waals surface area contributed by atoms with E-state index in [9.17, 15) is 9.18 Å². The lowest BCUT2D eigenvalue weighted by Crippen LogP contribution is -2.09. The lowest BCUT2D eigenvalue weighted by molar-refractivity contribution is -0.111. The van der Waals surface area contributed by atoms with Gasteiger partial charge in [-0.2, -0.15) is 5.26 Å². The van der Waals surface area contributed by atoms with Crippen LogP contribution in [0.3, 0.4) is 0 Å². The van der Waals surface area contributed by atoms with Gasteiger partial charge in [0.05, 0.1) is 35.0 Å². The summed E-state index contributed by atoms with van der Waals surface area (Å²) in [6, 6.07) is 16.5. The first-order valence-electron chi connectivity index (χ1n) is 10.0. The van der Waals surface area contributed by atoms with E-state index in [1.807, 2.05) is 6.07 Å². The van der Waals surface area contributed by atoms with E-state index < -0.39 is 5.82 Å². The van der Waals surface area contributed by atoms with E-state index in [0.717, 1.165) is 5.56 Å². The van der Waals surface area contributed by atoms with Crippen molar-refractivity contribution in [1.82, 2.24) is 9.97 Å². The molecular weight excluding hydrogens is 457 g/mol. The Morgan fingerprint density at radius 1 is 1.15 bits per heavy atom. The standard InChI is InChI=1S/C25H17ClFN5O2/c1-34-23-12-21-18(25(30-14-29-21)31-17-7-8-20(27)19(26)10-17)11-22(23)32-24(33)9-6-15-2-4-16(13-28)5-3-15/h2-12,14H,1H3,(H,32,33)(H,29,30,31)/b9-6+. The maximum atomic E-state index is 13.5. The zero-order valence-electron chi connectivity index (χ0n) is 17.8. The summed E-state index contributed by atoms with van der Waals surface area (Å²) >= 11 is 5.88. The topological polar surface area (TPSA) is 99.9 Å². The second kappa shape index (κ2) is 9.98. The Bertz CT molecular complexity index is 1450. The number of ether oxygens (including phenoxy) is 1. The van der Waals surface area contributed by atoms with Crippen LogP contribution in [0.4, 0.5) is 21.6 Å². The lowest BCUT2D eigenvalue weighted by atomic mass is 10.1. The van der Waals surface area contributed by atoms with Gasteiger partial charge in [0.1, 0.15) is 23.7 Å². The lowest BCUT2D eigenvalue weighted by Gasteiger charge is -2.13. The number of nitrogens with zero attached hydrogens (tertiary/aromatic N) is 3. The Hall–Kier alpha value is -4.48. The molecule has 0 atom stereocenters. The normalized spacial score (nSPS) is 10.8. The van der Waals surface area contributed by atoms with Crippen molar-refractivity contribution < 1.29 is 13.9 Å². The summed E-state index contributed by atoms with van der Waals surface area (Å²) < 4.78 is 18.9. The number of amides is 1. The van der Waals surface area contributed by atoms with E-state index in [4.69, 9.17) is 21.6 Å². The Kier molecular flexibility index (Phi) is 6.67. The summed E-state index contributed by atoms with van der Waals surface area (Å²) in [4.78, 5) is 21.1. The highest BCUT2D eigenvalue weighted by atomic mass is 35.5. The zero-order valence-corrected chi connectivity index (χ0v) is 18.6. The van der Waals surface area contributed by atoms with Gasteiger partial charge in [0.25, 0.3) is 0 Å². The van der Waals surface area contributed by atoms with Gasteiger partial charge >= 0.3 is 0 Å². The minimum Gasteiger partial charge on any atom is -0.494 e. The highest BCUT2D eigenvalue weighted by molar-refractivity contribution is 6.31. The highest BCUT2D eigenvalue weighted by Crippen LogP contribution is 2.33. The van der Waals surface area contributed by atoms with Crippen LogP contribution in [-0.4, -0.2) is 23.0 Å². The molecular formula is C25H17ClFN5O2. The molecule has 0 aliphatic carbocycles. The fraction of sp³-hybridized carbons (Fsp3) is 0.0400. The molecule has 4 aromatic rings. The quantitative estimate of drug-likeness (QED) is 0.348. The summed E-state index contributed by atoms with van der Waals surface area (Å²) in [7, 11) is 1.49. The van der Waals surface area contributed by atoms with Crippen molar-refractivity contribution in [1.29, 1.82) is 5.26 Å². The van der Waals surface area contributed by atoms with Crippen LogP contribution in [0, 0.1) is 17.1 Å². The summed E-state index contributed by atoms with van der Waals surface area (Å²) in [5.41, 5.74) is 2.85. The highest BCUT2D eigenvalue weighted by Gasteiger charge is 2.13. The fourth-order valence-corrected chi connectivity index (χ4v) is 3.36. The number of fused-ring (bicyclic) bond motifs is 1. The SMILES string of the molecule is COc1cc2ncnc(Nc3ccc(F)c(Cl)c3)c2cc1NC(=O)/C=C/c1ccc(C#N)cc1. The largest absolute Gasteiger partial charge is 0.494 e. The number of carbonyl (C=O) groups is 1. The van der Waals surface area contributed by atoms with Crippen molar-refractivity contribution in [2.75, 3.05) is 17.7 Å². The molecule has 0 fully saturated rings. The predicted molar refractivity (Wildman–Crippen MR) is 130 cm³/mol. The van der Waals surface area contributed by atoms with E-state index in [1.54, 1.807) is 42.5 Å². The van der Waals surface area contributed by atoms with E-state index in [0.29, 0.717) is 39.4 Å². The van der Waals surface area contributed by atoms with Crippen molar-refractivity contribution in [3.05, 3.63) is 89.0 Å². The number of methoxy groups -OCH3 is 1. The third-order valence-electron chi connectivity index (χ3n) is 4.86. The van der Waals surface area contributed by atoms with Crippen LogP contribution < -0.4 is 15.4 Å². The van der Waals surface area contributed by atoms with Crippen molar-refractivity contribution in [3.63, 3.8) is 0 Å². The summed E-state index contributed by atoms with van der Waals surface area (Å²) in [5, 5.41) is 15.4. The number of hydrogen-bond donors (Lipinski definition) is 2. The van der Waals surface area contributed by atoms with Gasteiger partial charge in [0, 0.05) is 23.2 Å². The van der Waals surface area contributed by atoms with Gasteiger partial charge in [-0.25, -0.2) is 14.4 Å². The molecule has 0 aliphatic heterocycles. The summed E-state index contributed by atoms with van der Waals surface area (Å²) in [6.45, 7) is 0. The van der Waals surface area contributed by atoms with E-state index in [2.05, 4.69) is 20.6 Å². The van der Waals surface area contributed by atoms with Crippen LogP contribution in [0.2, 0.25) is 5.02 Å². The molecule has 4 rings (SSSR count). The number of nitriles is 1. The minimum atomic E-state index is -0.524. The molecule has 0 saturated carbocycles. The Balaban J connectivity index is 1.61. The molecule has 0 bridgehead atoms. The molecule has 7 nitrogen and oxygen atoms in total. The fourth-order valence-electron chi connectivity index (χ4n) is 3.18. The van der Waals surface area contributed by atoms with Crippen LogP contribution in [0.15, 0.2) is 67.0 Å². The third-order valence-corrected chi connectivity index (χ3v) is 5.15. The summed E-state index contributed by atoms with van der Waals surface area (Å²) in [6.07, 6.45) is 4.40. The van der Waals surface area contributed by atoms with E-state index >= 15 is 0 Å². The maximum Gasteiger partial charge on any atom is 0.248 e. The average molecular weight is 474 g/mol. The smallest absolute Gasteiger partial charge is 0.248 e. The maximum absolute atomic E-state index is 13.5. The third kappa shape index (κ3) is 5.11. The van der Waals surface area contributed by atoms with E-state index in [1.165, 1.54) is 37.7 Å². The first-order chi connectivity index (χ1) is 16.5. The number of benzene rings is 3. The molecule has 34 heavy (non-hydrogen) atoms. The minimum absolute atomic E-state index is 0.0213. The first-order valence-corrected chi connectivity index (χ1v) is 10.4. The second-order valence-electron chi connectivity index (χ2n) is 7.10. The Labute approximate surface area is 199 Å². The number of anilines is 3. The van der Waals surface area contributed by atoms with Crippen molar-refractivity contribution in [2.45, 2.75) is 0 Å². The van der Waals surface area contributed by atoms with Crippen molar-refractivity contribution >= 4 is 51.7 Å². The van der Waals surface area contributed by atoms with Crippen LogP contribution in [0.1, 0.15) is 11.1 Å². The zero-order chi connectivity index (χ0) is 24.1. The number of nitrogens with one attached hydrogen (secondary N) is 2. The molecule has 3 aromatic carbocycles. The predicted octanol–water partition coefficient (Wildman–Crippen LogP) is 5.70. The molecule has 0 saturated heterocycles. The number of halogens is 2. The van der Waals surface area contributed by atoms with Crippen molar-refractivity contribution in [2.24, 2.45) is 0 Å². The molecule has 0 unspecified atom stereocenters. The monoisotopic (exact) mass is 473 g/mol. The number of hydrogen-bond acceptors (Lipinski definition) is 6. The van der Waals surface area contributed by atoms with Gasteiger partial charge in [0.15, 0.2) is 0 Å². The van der Waals surface area contributed by atoms with Crippen LogP contribution >= 0.6 is 11.6 Å². The molecule has 9 heteroatoms. The molecule has 1 amide bonds. The van der Waals surface area contributed by atoms with Crippen LogP contribution in [-0.2, 0) is 4.79 Å². The van der Waals surface area contributed by atoms with Gasteiger partial charge in [0.2, 0.25) is 5.91 Å². The number of carbonyl (C=O) groups excluding carboxylic acids is 1. The number of aromatic nitrogens is 2. The Morgan fingerprint density at radius 2 is 1.94 bits per heavy atom. The first kappa shape index (κ1) is 22.7. The van der Waals surface area contributed by atoms with Gasteiger partial charge in [-0.05, 0) is 48.0 Å². The average Bonchev–Trinajstić information content (AvgIpc) is 2.85. The van der Waals surface area contributed by atoms with Gasteiger partial charge in [-0.3, -0.25) is 4.79 Å². The molecule has 168 valence electrons. The van der Waals surface area contributed by atoms with Gasteiger partial charge < -0.3 is 15.4 Å². The van der Waals surface area contributed by atoms with Crippen LogP contribution in [0.5, 0.6) is 5.75 Å². The van der Waals surface area contributed by atoms with Gasteiger partial charge in [-0.15, -0.1) is 0 Å². The number of rotatable bonds is 6. The molecule has 1 aromatic heterocycles.